The number of carboxylic acid groups (broad SMARTS) is 1. The first-order valence-corrected chi connectivity index (χ1v) is 10.4. The molecule has 0 unspecified atom stereocenters. The van der Waals surface area contributed by atoms with E-state index in [4.69, 9.17) is 14.6 Å². The number of anilines is 2. The van der Waals surface area contributed by atoms with Crippen molar-refractivity contribution in [2.75, 3.05) is 19.5 Å². The van der Waals surface area contributed by atoms with Gasteiger partial charge in [0.25, 0.3) is 0 Å². The minimum absolute atomic E-state index is 0.0983. The highest BCUT2D eigenvalue weighted by molar-refractivity contribution is 5.96. The van der Waals surface area contributed by atoms with Crippen LogP contribution in [0.3, 0.4) is 0 Å². The van der Waals surface area contributed by atoms with Crippen LogP contribution in [0.1, 0.15) is 21.6 Å². The largest absolute Gasteiger partial charge is 0.497 e. The molecule has 0 aliphatic heterocycles. The van der Waals surface area contributed by atoms with E-state index in [2.05, 4.69) is 5.32 Å². The number of nitrogens with zero attached hydrogens (tertiary/aromatic N) is 2. The number of aromatic nitrogens is 2. The number of para-hydroxylation sites is 1. The van der Waals surface area contributed by atoms with Crippen molar-refractivity contribution < 1.29 is 19.4 Å². The molecule has 0 atom stereocenters. The van der Waals surface area contributed by atoms with E-state index in [1.165, 1.54) is 13.2 Å². The third-order valence-corrected chi connectivity index (χ3v) is 5.47. The Kier molecular flexibility index (Phi) is 6.04. The minimum atomic E-state index is -1.06. The second kappa shape index (κ2) is 9.08. The van der Waals surface area contributed by atoms with Gasteiger partial charge in [0.2, 0.25) is 0 Å². The monoisotopic (exact) mass is 443 g/mol. The molecule has 168 valence electrons. The molecule has 0 saturated carbocycles. The molecule has 0 fully saturated rings. The summed E-state index contributed by atoms with van der Waals surface area (Å²) in [6, 6.07) is 20.5. The molecule has 7 heteroatoms. The second-order valence-corrected chi connectivity index (χ2v) is 7.58. The Morgan fingerprint density at radius 2 is 1.67 bits per heavy atom. The van der Waals surface area contributed by atoms with Crippen molar-refractivity contribution in [3.8, 4) is 28.3 Å². The summed E-state index contributed by atoms with van der Waals surface area (Å²) in [5, 5.41) is 18.0. The van der Waals surface area contributed by atoms with Crippen molar-refractivity contribution in [2.24, 2.45) is 0 Å². The van der Waals surface area contributed by atoms with Gasteiger partial charge >= 0.3 is 5.97 Å². The molecule has 2 N–H and O–H groups in total. The number of benzene rings is 3. The number of hydrogen-bond acceptors (Lipinski definition) is 5. The van der Waals surface area contributed by atoms with Gasteiger partial charge in [-0.25, -0.2) is 9.48 Å². The number of nitrogens with one attached hydrogen (secondary N) is 1. The number of hydrogen-bond donors (Lipinski definition) is 2. The smallest absolute Gasteiger partial charge is 0.337 e. The Morgan fingerprint density at radius 1 is 0.939 bits per heavy atom. The predicted octanol–water partition coefficient (Wildman–Crippen LogP) is 5.62. The Balaban J connectivity index is 1.96. The van der Waals surface area contributed by atoms with E-state index < -0.39 is 5.97 Å². The molecule has 0 bridgehead atoms. The zero-order chi connectivity index (χ0) is 23.5. The van der Waals surface area contributed by atoms with E-state index in [0.717, 1.165) is 33.8 Å². The van der Waals surface area contributed by atoms with Crippen LogP contribution in [0.5, 0.6) is 11.5 Å². The van der Waals surface area contributed by atoms with Gasteiger partial charge in [-0.05, 0) is 61.4 Å². The number of carboxylic acids is 1. The predicted molar refractivity (Wildman–Crippen MR) is 128 cm³/mol. The van der Waals surface area contributed by atoms with Crippen LogP contribution in [0, 0.1) is 13.8 Å². The lowest BCUT2D eigenvalue weighted by Crippen LogP contribution is -2.08. The van der Waals surface area contributed by atoms with Gasteiger partial charge in [-0.1, -0.05) is 30.3 Å². The number of carbonyl (C=O) groups is 1. The molecule has 7 nitrogen and oxygen atoms in total. The Morgan fingerprint density at radius 3 is 2.36 bits per heavy atom. The quantitative estimate of drug-likeness (QED) is 0.386. The van der Waals surface area contributed by atoms with Crippen LogP contribution in [0.25, 0.3) is 16.8 Å². The van der Waals surface area contributed by atoms with Gasteiger partial charge in [0.1, 0.15) is 17.3 Å². The highest BCUT2D eigenvalue weighted by Gasteiger charge is 2.22. The van der Waals surface area contributed by atoms with Crippen LogP contribution in [-0.2, 0) is 0 Å². The average Bonchev–Trinajstić information content (AvgIpc) is 3.14. The summed E-state index contributed by atoms with van der Waals surface area (Å²) in [5.74, 6) is 0.785. The van der Waals surface area contributed by atoms with Crippen LogP contribution < -0.4 is 14.8 Å². The molecule has 1 aromatic heterocycles. The molecule has 0 aliphatic rings. The first-order chi connectivity index (χ1) is 15.9. The van der Waals surface area contributed by atoms with Crippen LogP contribution in [-0.4, -0.2) is 35.1 Å². The summed E-state index contributed by atoms with van der Waals surface area (Å²) in [6.45, 7) is 3.94. The highest BCUT2D eigenvalue weighted by atomic mass is 16.5. The maximum atomic E-state index is 12.0. The molecule has 0 amide bonds. The van der Waals surface area contributed by atoms with Gasteiger partial charge in [-0.3, -0.25) is 0 Å². The summed E-state index contributed by atoms with van der Waals surface area (Å²) in [7, 11) is 3.13. The van der Waals surface area contributed by atoms with Gasteiger partial charge in [0.05, 0.1) is 36.9 Å². The van der Waals surface area contributed by atoms with Crippen molar-refractivity contribution in [3.05, 3.63) is 83.6 Å². The molecule has 4 rings (SSSR count). The van der Waals surface area contributed by atoms with Gasteiger partial charge in [-0.2, -0.15) is 5.10 Å². The zero-order valence-corrected chi connectivity index (χ0v) is 18.9. The standard InChI is InChI=1S/C26H25N3O4/c1-16-8-5-6-11-23(16)29-25(27-22-13-12-20(33-4)15-21(22)26(30)31)24(17(2)28-29)18-9-7-10-19(14-18)32-3/h5-15,27H,1-4H3,(H,30,31). The first kappa shape index (κ1) is 22.0. The van der Waals surface area contributed by atoms with E-state index in [0.29, 0.717) is 17.3 Å². The van der Waals surface area contributed by atoms with E-state index in [1.54, 1.807) is 19.2 Å². The molecular weight excluding hydrogens is 418 g/mol. The molecule has 1 heterocycles. The van der Waals surface area contributed by atoms with Gasteiger partial charge in [-0.15, -0.1) is 0 Å². The lowest BCUT2D eigenvalue weighted by atomic mass is 10.0. The van der Waals surface area contributed by atoms with Crippen molar-refractivity contribution in [1.29, 1.82) is 0 Å². The molecule has 33 heavy (non-hydrogen) atoms. The third-order valence-electron chi connectivity index (χ3n) is 5.47. The normalized spacial score (nSPS) is 10.7. The summed E-state index contributed by atoms with van der Waals surface area (Å²) in [4.78, 5) is 12.0. The fraction of sp³-hybridized carbons (Fsp3) is 0.154. The summed E-state index contributed by atoms with van der Waals surface area (Å²) >= 11 is 0. The third kappa shape index (κ3) is 4.25. The molecule has 0 radical (unpaired) electrons. The van der Waals surface area contributed by atoms with Gasteiger partial charge in [0, 0.05) is 5.56 Å². The van der Waals surface area contributed by atoms with Crippen molar-refractivity contribution in [1.82, 2.24) is 9.78 Å². The van der Waals surface area contributed by atoms with E-state index >= 15 is 0 Å². The first-order valence-electron chi connectivity index (χ1n) is 10.4. The molecule has 3 aromatic carbocycles. The Bertz CT molecular complexity index is 1330. The van der Waals surface area contributed by atoms with Crippen LogP contribution in [0.4, 0.5) is 11.5 Å². The van der Waals surface area contributed by atoms with Crippen LogP contribution in [0.2, 0.25) is 0 Å². The van der Waals surface area contributed by atoms with Crippen LogP contribution in [0.15, 0.2) is 66.7 Å². The average molecular weight is 444 g/mol. The summed E-state index contributed by atoms with van der Waals surface area (Å²) < 4.78 is 12.5. The summed E-state index contributed by atoms with van der Waals surface area (Å²) in [5.41, 5.74) is 5.00. The fourth-order valence-electron chi connectivity index (χ4n) is 3.81. The number of rotatable bonds is 7. The van der Waals surface area contributed by atoms with Gasteiger partial charge in [0.15, 0.2) is 0 Å². The number of aromatic carboxylic acids is 1. The Labute approximate surface area is 192 Å². The van der Waals surface area contributed by atoms with Gasteiger partial charge < -0.3 is 19.9 Å². The lowest BCUT2D eigenvalue weighted by Gasteiger charge is -2.16. The molecule has 0 spiro atoms. The van der Waals surface area contributed by atoms with Crippen molar-refractivity contribution >= 4 is 17.5 Å². The number of methoxy groups -OCH3 is 2. The molecular formula is C26H25N3O4. The maximum Gasteiger partial charge on any atom is 0.337 e. The summed E-state index contributed by atoms with van der Waals surface area (Å²) in [6.07, 6.45) is 0. The van der Waals surface area contributed by atoms with Crippen LogP contribution >= 0.6 is 0 Å². The number of ether oxygens (including phenoxy) is 2. The topological polar surface area (TPSA) is 85.6 Å². The molecule has 4 aromatic rings. The molecule has 0 saturated heterocycles. The maximum absolute atomic E-state index is 12.0. The molecule has 0 aliphatic carbocycles. The van der Waals surface area contributed by atoms with E-state index in [9.17, 15) is 9.90 Å². The minimum Gasteiger partial charge on any atom is -0.497 e. The second-order valence-electron chi connectivity index (χ2n) is 7.58. The zero-order valence-electron chi connectivity index (χ0n) is 18.9. The lowest BCUT2D eigenvalue weighted by molar-refractivity contribution is 0.0697. The van der Waals surface area contributed by atoms with E-state index in [1.807, 2.05) is 67.1 Å². The SMILES string of the molecule is COc1cccc(-c2c(C)nn(-c3ccccc3C)c2Nc2ccc(OC)cc2C(=O)O)c1. The van der Waals surface area contributed by atoms with Crippen molar-refractivity contribution in [3.63, 3.8) is 0 Å². The Hall–Kier alpha value is -4.26. The highest BCUT2D eigenvalue weighted by Crippen LogP contribution is 2.38. The number of aryl methyl sites for hydroxylation is 2. The van der Waals surface area contributed by atoms with Crippen molar-refractivity contribution in [2.45, 2.75) is 13.8 Å². The fourth-order valence-corrected chi connectivity index (χ4v) is 3.81. The van der Waals surface area contributed by atoms with E-state index in [-0.39, 0.29) is 5.56 Å².